The second-order valence-corrected chi connectivity index (χ2v) is 4.42. The molecular weight excluding hydrogens is 216 g/mol. The third-order valence-electron chi connectivity index (χ3n) is 2.84. The first kappa shape index (κ1) is 10.2. The lowest BCUT2D eigenvalue weighted by Crippen LogP contribution is -1.98. The molecule has 3 rings (SSSR count). The first-order valence-electron chi connectivity index (χ1n) is 5.72. The van der Waals surface area contributed by atoms with Crippen molar-refractivity contribution in [1.29, 1.82) is 0 Å². The zero-order valence-electron chi connectivity index (χ0n) is 9.64. The van der Waals surface area contributed by atoms with Crippen molar-refractivity contribution in [2.24, 2.45) is 0 Å². The molecule has 2 aromatic rings. The quantitative estimate of drug-likeness (QED) is 0.880. The van der Waals surface area contributed by atoms with E-state index in [0.29, 0.717) is 12.0 Å². The largest absolute Gasteiger partial charge is 0.490 e. The summed E-state index contributed by atoms with van der Waals surface area (Å²) in [7, 11) is 0. The SMILES string of the molecule is Cc1ccc(OC2CC2)c(-c2cnoc2N)c1. The number of ether oxygens (including phenoxy) is 1. The molecule has 1 heterocycles. The lowest BCUT2D eigenvalue weighted by atomic mass is 10.0. The van der Waals surface area contributed by atoms with Crippen LogP contribution in [-0.4, -0.2) is 11.3 Å². The maximum atomic E-state index is 5.87. The summed E-state index contributed by atoms with van der Waals surface area (Å²) in [5.74, 6) is 1.18. The first-order chi connectivity index (χ1) is 8.24. The number of aryl methyl sites for hydroxylation is 1. The van der Waals surface area contributed by atoms with Gasteiger partial charge in [0.05, 0.1) is 17.9 Å². The number of nitrogens with zero attached hydrogens (tertiary/aromatic N) is 1. The number of hydrogen-bond donors (Lipinski definition) is 1. The number of anilines is 1. The predicted octanol–water partition coefficient (Wildman–Crippen LogP) is 2.77. The first-order valence-corrected chi connectivity index (χ1v) is 5.72. The second-order valence-electron chi connectivity index (χ2n) is 4.42. The fourth-order valence-electron chi connectivity index (χ4n) is 1.77. The van der Waals surface area contributed by atoms with Crippen LogP contribution < -0.4 is 10.5 Å². The molecule has 1 aromatic heterocycles. The summed E-state index contributed by atoms with van der Waals surface area (Å²) in [6, 6.07) is 6.06. The number of rotatable bonds is 3. The highest BCUT2D eigenvalue weighted by Gasteiger charge is 2.25. The van der Waals surface area contributed by atoms with Gasteiger partial charge in [0.2, 0.25) is 5.88 Å². The Labute approximate surface area is 99.4 Å². The van der Waals surface area contributed by atoms with Gasteiger partial charge in [0.1, 0.15) is 5.75 Å². The van der Waals surface area contributed by atoms with Crippen molar-refractivity contribution in [1.82, 2.24) is 5.16 Å². The smallest absolute Gasteiger partial charge is 0.230 e. The third-order valence-corrected chi connectivity index (χ3v) is 2.84. The second kappa shape index (κ2) is 3.80. The number of benzene rings is 1. The Kier molecular flexibility index (Phi) is 2.28. The molecule has 0 saturated heterocycles. The number of aromatic nitrogens is 1. The number of hydrogen-bond acceptors (Lipinski definition) is 4. The van der Waals surface area contributed by atoms with Crippen molar-refractivity contribution in [3.05, 3.63) is 30.0 Å². The lowest BCUT2D eigenvalue weighted by Gasteiger charge is -2.10. The van der Waals surface area contributed by atoms with E-state index in [9.17, 15) is 0 Å². The van der Waals surface area contributed by atoms with Crippen LogP contribution in [0, 0.1) is 6.92 Å². The van der Waals surface area contributed by atoms with Crippen molar-refractivity contribution in [2.75, 3.05) is 5.73 Å². The highest BCUT2D eigenvalue weighted by atomic mass is 16.5. The number of nitrogens with two attached hydrogens (primary N) is 1. The Morgan fingerprint density at radius 3 is 2.82 bits per heavy atom. The molecule has 1 aliphatic carbocycles. The topological polar surface area (TPSA) is 61.3 Å². The zero-order valence-corrected chi connectivity index (χ0v) is 9.64. The Balaban J connectivity index is 2.06. The molecule has 4 heteroatoms. The minimum atomic E-state index is 0.330. The van der Waals surface area contributed by atoms with Crippen molar-refractivity contribution < 1.29 is 9.26 Å². The fraction of sp³-hybridized carbons (Fsp3) is 0.308. The van der Waals surface area contributed by atoms with Crippen LogP contribution in [0.1, 0.15) is 18.4 Å². The molecule has 88 valence electrons. The molecule has 0 bridgehead atoms. The van der Waals surface area contributed by atoms with Gasteiger partial charge in [-0.2, -0.15) is 0 Å². The lowest BCUT2D eigenvalue weighted by molar-refractivity contribution is 0.304. The van der Waals surface area contributed by atoms with Crippen LogP contribution in [0.4, 0.5) is 5.88 Å². The van der Waals surface area contributed by atoms with E-state index >= 15 is 0 Å². The molecule has 17 heavy (non-hydrogen) atoms. The van der Waals surface area contributed by atoms with Crippen LogP contribution in [0.15, 0.2) is 28.9 Å². The normalized spacial score (nSPS) is 14.9. The van der Waals surface area contributed by atoms with E-state index in [4.69, 9.17) is 15.0 Å². The molecule has 0 radical (unpaired) electrons. The molecule has 1 saturated carbocycles. The monoisotopic (exact) mass is 230 g/mol. The van der Waals surface area contributed by atoms with E-state index in [0.717, 1.165) is 35.3 Å². The van der Waals surface area contributed by atoms with Crippen molar-refractivity contribution >= 4 is 5.88 Å². The van der Waals surface area contributed by atoms with Crippen LogP contribution >= 0.6 is 0 Å². The third kappa shape index (κ3) is 1.98. The zero-order chi connectivity index (χ0) is 11.8. The molecular formula is C13H14N2O2. The summed E-state index contributed by atoms with van der Waals surface area (Å²) in [4.78, 5) is 0. The van der Waals surface area contributed by atoms with Crippen LogP contribution in [0.3, 0.4) is 0 Å². The Morgan fingerprint density at radius 1 is 1.35 bits per heavy atom. The van der Waals surface area contributed by atoms with E-state index in [1.165, 1.54) is 0 Å². The van der Waals surface area contributed by atoms with Gasteiger partial charge in [0.25, 0.3) is 0 Å². The van der Waals surface area contributed by atoms with Crippen molar-refractivity contribution in [2.45, 2.75) is 25.9 Å². The molecule has 4 nitrogen and oxygen atoms in total. The minimum absolute atomic E-state index is 0.330. The van der Waals surface area contributed by atoms with E-state index in [1.807, 2.05) is 25.1 Å². The Bertz CT molecular complexity index is 544. The molecule has 0 unspecified atom stereocenters. The van der Waals surface area contributed by atoms with Crippen LogP contribution in [-0.2, 0) is 0 Å². The van der Waals surface area contributed by atoms with Crippen molar-refractivity contribution in [3.63, 3.8) is 0 Å². The average Bonchev–Trinajstić information content (AvgIpc) is 3.02. The summed E-state index contributed by atoms with van der Waals surface area (Å²) >= 11 is 0. The van der Waals surface area contributed by atoms with Crippen LogP contribution in [0.25, 0.3) is 11.1 Å². The molecule has 1 aliphatic rings. The van der Waals surface area contributed by atoms with Crippen LogP contribution in [0.5, 0.6) is 5.75 Å². The van der Waals surface area contributed by atoms with E-state index < -0.39 is 0 Å². The Morgan fingerprint density at radius 2 is 2.18 bits per heavy atom. The summed E-state index contributed by atoms with van der Waals surface area (Å²) in [6.45, 7) is 2.04. The van der Waals surface area contributed by atoms with Gasteiger partial charge < -0.3 is 15.0 Å². The van der Waals surface area contributed by atoms with Gasteiger partial charge in [0, 0.05) is 5.56 Å². The van der Waals surface area contributed by atoms with Gasteiger partial charge in [-0.05, 0) is 31.9 Å². The molecule has 0 amide bonds. The minimum Gasteiger partial charge on any atom is -0.490 e. The standard InChI is InChI=1S/C13H14N2O2/c1-8-2-5-12(16-9-3-4-9)10(6-8)11-7-15-17-13(11)14/h2,5-7,9H,3-4,14H2,1H3. The van der Waals surface area contributed by atoms with Gasteiger partial charge in [-0.3, -0.25) is 0 Å². The maximum absolute atomic E-state index is 5.87. The van der Waals surface area contributed by atoms with Gasteiger partial charge >= 0.3 is 0 Å². The van der Waals surface area contributed by atoms with Gasteiger partial charge in [-0.15, -0.1) is 0 Å². The van der Waals surface area contributed by atoms with E-state index in [2.05, 4.69) is 5.16 Å². The predicted molar refractivity (Wildman–Crippen MR) is 64.7 cm³/mol. The summed E-state index contributed by atoms with van der Waals surface area (Å²) in [6.07, 6.45) is 4.25. The molecule has 1 fully saturated rings. The van der Waals surface area contributed by atoms with Gasteiger partial charge in [-0.1, -0.05) is 16.8 Å². The summed E-state index contributed by atoms with van der Waals surface area (Å²) < 4.78 is 10.8. The molecule has 0 aliphatic heterocycles. The number of nitrogen functional groups attached to an aromatic ring is 1. The highest BCUT2D eigenvalue weighted by molar-refractivity contribution is 5.77. The Hall–Kier alpha value is -1.97. The van der Waals surface area contributed by atoms with Crippen LogP contribution in [0.2, 0.25) is 0 Å². The van der Waals surface area contributed by atoms with E-state index in [1.54, 1.807) is 6.20 Å². The summed E-state index contributed by atoms with van der Waals surface area (Å²) in [5, 5.41) is 3.71. The van der Waals surface area contributed by atoms with Crippen molar-refractivity contribution in [3.8, 4) is 16.9 Å². The average molecular weight is 230 g/mol. The molecule has 0 atom stereocenters. The molecule has 1 aromatic carbocycles. The highest BCUT2D eigenvalue weighted by Crippen LogP contribution is 2.37. The van der Waals surface area contributed by atoms with Gasteiger partial charge in [-0.25, -0.2) is 0 Å². The van der Waals surface area contributed by atoms with E-state index in [-0.39, 0.29) is 0 Å². The van der Waals surface area contributed by atoms with Gasteiger partial charge in [0.15, 0.2) is 0 Å². The molecule has 2 N–H and O–H groups in total. The summed E-state index contributed by atoms with van der Waals surface area (Å²) in [5.41, 5.74) is 8.66. The molecule has 0 spiro atoms. The fourth-order valence-corrected chi connectivity index (χ4v) is 1.77. The maximum Gasteiger partial charge on any atom is 0.230 e.